The number of carbonyl (C=O) groups excluding carboxylic acids is 1. The summed E-state index contributed by atoms with van der Waals surface area (Å²) in [7, 11) is 0. The lowest BCUT2D eigenvalue weighted by molar-refractivity contribution is -0.144. The normalized spacial score (nSPS) is 23.6. The Morgan fingerprint density at radius 3 is 2.56 bits per heavy atom. The summed E-state index contributed by atoms with van der Waals surface area (Å²) >= 11 is 0. The summed E-state index contributed by atoms with van der Waals surface area (Å²) in [6, 6.07) is 0. The molecule has 1 aliphatic rings. The van der Waals surface area contributed by atoms with Gasteiger partial charge in [-0.1, -0.05) is 0 Å². The molecule has 0 radical (unpaired) electrons. The first-order chi connectivity index (χ1) is 8.66. The van der Waals surface area contributed by atoms with Crippen LogP contribution in [0.15, 0.2) is 12.4 Å². The highest BCUT2D eigenvalue weighted by molar-refractivity contribution is 5.79. The zero-order valence-corrected chi connectivity index (χ0v) is 10.1. The number of hydrogen-bond acceptors (Lipinski definition) is 3. The van der Waals surface area contributed by atoms with Crippen molar-refractivity contribution < 1.29 is 14.7 Å². The molecule has 98 valence electrons. The van der Waals surface area contributed by atoms with Gasteiger partial charge in [0, 0.05) is 18.3 Å². The maximum absolute atomic E-state index is 11.9. The predicted octanol–water partition coefficient (Wildman–Crippen LogP) is 0.917. The van der Waals surface area contributed by atoms with E-state index in [0.29, 0.717) is 32.2 Å². The first-order valence-electron chi connectivity index (χ1n) is 6.15. The van der Waals surface area contributed by atoms with Crippen LogP contribution >= 0.6 is 0 Å². The van der Waals surface area contributed by atoms with E-state index in [9.17, 15) is 9.59 Å². The largest absolute Gasteiger partial charge is 0.481 e. The molecule has 18 heavy (non-hydrogen) atoms. The van der Waals surface area contributed by atoms with E-state index in [0.717, 1.165) is 5.82 Å². The van der Waals surface area contributed by atoms with Crippen LogP contribution in [-0.4, -0.2) is 27.0 Å². The number of aliphatic carboxylic acids is 1. The minimum absolute atomic E-state index is 0.00441. The number of aromatic nitrogens is 2. The summed E-state index contributed by atoms with van der Waals surface area (Å²) in [6.45, 7) is 0.394. The standard InChI is InChI=1S/C12H17N3O3/c16-11(15-7-10-13-5-6-14-10)8-1-3-9(4-2-8)12(17)18/h5-6,8-9H,1-4,7H2,(H,13,14)(H,15,16)(H,17,18). The molecule has 1 fully saturated rings. The molecule has 0 atom stereocenters. The van der Waals surface area contributed by atoms with Crippen molar-refractivity contribution in [3.8, 4) is 0 Å². The average Bonchev–Trinajstić information content (AvgIpc) is 2.89. The van der Waals surface area contributed by atoms with Crippen molar-refractivity contribution in [3.05, 3.63) is 18.2 Å². The molecule has 0 bridgehead atoms. The number of carboxylic acids is 1. The Hall–Kier alpha value is -1.85. The highest BCUT2D eigenvalue weighted by atomic mass is 16.4. The van der Waals surface area contributed by atoms with Crippen molar-refractivity contribution >= 4 is 11.9 Å². The van der Waals surface area contributed by atoms with E-state index in [1.54, 1.807) is 12.4 Å². The highest BCUT2D eigenvalue weighted by Crippen LogP contribution is 2.28. The van der Waals surface area contributed by atoms with E-state index in [-0.39, 0.29) is 17.7 Å². The molecule has 1 saturated carbocycles. The molecule has 1 heterocycles. The molecular formula is C12H17N3O3. The van der Waals surface area contributed by atoms with E-state index < -0.39 is 5.97 Å². The van der Waals surface area contributed by atoms with Gasteiger partial charge >= 0.3 is 5.97 Å². The van der Waals surface area contributed by atoms with Gasteiger partial charge in [0.15, 0.2) is 0 Å². The molecule has 1 aliphatic carbocycles. The smallest absolute Gasteiger partial charge is 0.306 e. The molecule has 0 spiro atoms. The third-order valence-corrected chi connectivity index (χ3v) is 3.43. The van der Waals surface area contributed by atoms with Crippen LogP contribution in [0, 0.1) is 11.8 Å². The van der Waals surface area contributed by atoms with Gasteiger partial charge in [0.1, 0.15) is 5.82 Å². The lowest BCUT2D eigenvalue weighted by Gasteiger charge is -2.25. The summed E-state index contributed by atoms with van der Waals surface area (Å²) in [4.78, 5) is 29.6. The number of hydrogen-bond donors (Lipinski definition) is 3. The van der Waals surface area contributed by atoms with Gasteiger partial charge in [0.25, 0.3) is 0 Å². The van der Waals surface area contributed by atoms with Gasteiger partial charge in [0.2, 0.25) is 5.91 Å². The maximum atomic E-state index is 11.9. The Morgan fingerprint density at radius 1 is 1.33 bits per heavy atom. The fourth-order valence-corrected chi connectivity index (χ4v) is 2.31. The Bertz CT molecular complexity index is 408. The fourth-order valence-electron chi connectivity index (χ4n) is 2.31. The summed E-state index contributed by atoms with van der Waals surface area (Å²) < 4.78 is 0. The second-order valence-electron chi connectivity index (χ2n) is 4.64. The maximum Gasteiger partial charge on any atom is 0.306 e. The van der Waals surface area contributed by atoms with Crippen molar-refractivity contribution in [1.29, 1.82) is 0 Å². The molecule has 1 aromatic heterocycles. The van der Waals surface area contributed by atoms with Gasteiger partial charge in [-0.3, -0.25) is 9.59 Å². The molecule has 0 saturated heterocycles. The first kappa shape index (κ1) is 12.6. The number of carbonyl (C=O) groups is 2. The summed E-state index contributed by atoms with van der Waals surface area (Å²) in [5, 5.41) is 11.7. The zero-order chi connectivity index (χ0) is 13.0. The molecule has 6 nitrogen and oxygen atoms in total. The van der Waals surface area contributed by atoms with Crippen LogP contribution in [-0.2, 0) is 16.1 Å². The summed E-state index contributed by atoms with van der Waals surface area (Å²) in [5.74, 6) is -0.364. The van der Waals surface area contributed by atoms with Gasteiger partial charge in [-0.15, -0.1) is 0 Å². The molecular weight excluding hydrogens is 234 g/mol. The molecule has 2 rings (SSSR count). The zero-order valence-electron chi connectivity index (χ0n) is 10.1. The molecule has 1 aromatic rings. The Labute approximate surface area is 105 Å². The van der Waals surface area contributed by atoms with Crippen LogP contribution in [0.3, 0.4) is 0 Å². The van der Waals surface area contributed by atoms with E-state index in [4.69, 9.17) is 5.11 Å². The molecule has 0 unspecified atom stereocenters. The lowest BCUT2D eigenvalue weighted by atomic mass is 9.81. The van der Waals surface area contributed by atoms with Crippen LogP contribution in [0.2, 0.25) is 0 Å². The number of amides is 1. The third kappa shape index (κ3) is 3.09. The summed E-state index contributed by atoms with van der Waals surface area (Å²) in [6.07, 6.45) is 5.84. The van der Waals surface area contributed by atoms with Crippen LogP contribution in [0.25, 0.3) is 0 Å². The summed E-state index contributed by atoms with van der Waals surface area (Å²) in [5.41, 5.74) is 0. The molecule has 0 aromatic carbocycles. The van der Waals surface area contributed by atoms with Crippen molar-refractivity contribution in [3.63, 3.8) is 0 Å². The van der Waals surface area contributed by atoms with E-state index in [1.807, 2.05) is 0 Å². The average molecular weight is 251 g/mol. The minimum Gasteiger partial charge on any atom is -0.481 e. The Morgan fingerprint density at radius 2 is 2.00 bits per heavy atom. The van der Waals surface area contributed by atoms with E-state index in [2.05, 4.69) is 15.3 Å². The first-order valence-corrected chi connectivity index (χ1v) is 6.15. The van der Waals surface area contributed by atoms with Crippen LogP contribution < -0.4 is 5.32 Å². The molecule has 1 amide bonds. The quantitative estimate of drug-likeness (QED) is 0.741. The van der Waals surface area contributed by atoms with Crippen LogP contribution in [0.4, 0.5) is 0 Å². The second-order valence-corrected chi connectivity index (χ2v) is 4.64. The lowest BCUT2D eigenvalue weighted by Crippen LogP contribution is -2.34. The number of nitrogens with zero attached hydrogens (tertiary/aromatic N) is 1. The van der Waals surface area contributed by atoms with E-state index in [1.165, 1.54) is 0 Å². The van der Waals surface area contributed by atoms with Crippen molar-refractivity contribution in [2.45, 2.75) is 32.2 Å². The number of rotatable bonds is 4. The highest BCUT2D eigenvalue weighted by Gasteiger charge is 2.29. The number of nitrogens with one attached hydrogen (secondary N) is 2. The third-order valence-electron chi connectivity index (χ3n) is 3.43. The SMILES string of the molecule is O=C(O)C1CCC(C(=O)NCc2ncc[nH]2)CC1. The van der Waals surface area contributed by atoms with Gasteiger partial charge in [-0.2, -0.15) is 0 Å². The second kappa shape index (κ2) is 5.66. The number of imidazole rings is 1. The minimum atomic E-state index is -0.746. The van der Waals surface area contributed by atoms with Crippen molar-refractivity contribution in [2.75, 3.05) is 0 Å². The van der Waals surface area contributed by atoms with Gasteiger partial charge < -0.3 is 15.4 Å². The topological polar surface area (TPSA) is 95.1 Å². The number of aromatic amines is 1. The molecule has 3 N–H and O–H groups in total. The van der Waals surface area contributed by atoms with Gasteiger partial charge in [0.05, 0.1) is 12.5 Å². The van der Waals surface area contributed by atoms with Crippen molar-refractivity contribution in [1.82, 2.24) is 15.3 Å². The van der Waals surface area contributed by atoms with Crippen LogP contribution in [0.5, 0.6) is 0 Å². The van der Waals surface area contributed by atoms with Gasteiger partial charge in [-0.25, -0.2) is 4.98 Å². The fraction of sp³-hybridized carbons (Fsp3) is 0.583. The monoisotopic (exact) mass is 251 g/mol. The number of carboxylic acid groups (broad SMARTS) is 1. The Kier molecular flexibility index (Phi) is 3.96. The van der Waals surface area contributed by atoms with Crippen LogP contribution in [0.1, 0.15) is 31.5 Å². The van der Waals surface area contributed by atoms with Gasteiger partial charge in [-0.05, 0) is 25.7 Å². The van der Waals surface area contributed by atoms with Crippen molar-refractivity contribution in [2.24, 2.45) is 11.8 Å². The predicted molar refractivity (Wildman–Crippen MR) is 63.5 cm³/mol. The molecule has 6 heteroatoms. The number of H-pyrrole nitrogens is 1. The molecule has 0 aliphatic heterocycles. The van der Waals surface area contributed by atoms with E-state index >= 15 is 0 Å². The Balaban J connectivity index is 1.75.